The standard InChI is InChI=1S/C23H20ClN3O/c1-16(25-15-17-7-3-2-4-8-17)22-26-21-10-6-5-9-20(21)23(28)27(22)19-13-11-18(24)12-14-19/h2-14,16,25H,15H2,1H3/t16-/m0/s1. The van der Waals surface area contributed by atoms with Gasteiger partial charge >= 0.3 is 0 Å². The molecule has 0 amide bonds. The number of benzene rings is 3. The first-order chi connectivity index (χ1) is 13.6. The van der Waals surface area contributed by atoms with Gasteiger partial charge in [-0.2, -0.15) is 0 Å². The Balaban J connectivity index is 1.80. The van der Waals surface area contributed by atoms with Gasteiger partial charge in [0, 0.05) is 11.6 Å². The van der Waals surface area contributed by atoms with Gasteiger partial charge in [-0.3, -0.25) is 9.36 Å². The Bertz CT molecular complexity index is 1150. The highest BCUT2D eigenvalue weighted by atomic mass is 35.5. The lowest BCUT2D eigenvalue weighted by Crippen LogP contribution is -2.30. The first-order valence-corrected chi connectivity index (χ1v) is 9.56. The van der Waals surface area contributed by atoms with E-state index < -0.39 is 0 Å². The van der Waals surface area contributed by atoms with E-state index in [1.807, 2.05) is 61.5 Å². The maximum absolute atomic E-state index is 13.3. The van der Waals surface area contributed by atoms with Crippen molar-refractivity contribution in [1.82, 2.24) is 14.9 Å². The van der Waals surface area contributed by atoms with Crippen molar-refractivity contribution in [3.8, 4) is 5.69 Å². The predicted octanol–water partition coefficient (Wildman–Crippen LogP) is 4.89. The molecule has 0 aliphatic carbocycles. The van der Waals surface area contributed by atoms with Crippen LogP contribution in [-0.4, -0.2) is 9.55 Å². The molecule has 3 aromatic carbocycles. The molecule has 1 atom stereocenters. The Morgan fingerprint density at radius 1 is 0.964 bits per heavy atom. The van der Waals surface area contributed by atoms with Crippen LogP contribution in [0.1, 0.15) is 24.4 Å². The van der Waals surface area contributed by atoms with Crippen molar-refractivity contribution in [2.45, 2.75) is 19.5 Å². The number of halogens is 1. The molecule has 28 heavy (non-hydrogen) atoms. The highest BCUT2D eigenvalue weighted by Crippen LogP contribution is 2.20. The number of nitrogens with one attached hydrogen (secondary N) is 1. The van der Waals surface area contributed by atoms with E-state index in [0.29, 0.717) is 28.3 Å². The fourth-order valence-electron chi connectivity index (χ4n) is 3.24. The number of para-hydroxylation sites is 1. The Kier molecular flexibility index (Phi) is 5.24. The topological polar surface area (TPSA) is 46.9 Å². The molecule has 0 saturated carbocycles. The third-order valence-electron chi connectivity index (χ3n) is 4.73. The van der Waals surface area contributed by atoms with Gasteiger partial charge in [0.1, 0.15) is 5.82 Å². The largest absolute Gasteiger partial charge is 0.303 e. The van der Waals surface area contributed by atoms with Gasteiger partial charge in [-0.05, 0) is 48.9 Å². The average molecular weight is 390 g/mol. The minimum Gasteiger partial charge on any atom is -0.303 e. The third-order valence-corrected chi connectivity index (χ3v) is 4.98. The Labute approximate surface area is 168 Å². The van der Waals surface area contributed by atoms with Crippen LogP contribution in [-0.2, 0) is 6.54 Å². The first kappa shape index (κ1) is 18.4. The molecule has 140 valence electrons. The SMILES string of the molecule is C[C@H](NCc1ccccc1)c1nc2ccccc2c(=O)n1-c1ccc(Cl)cc1. The van der Waals surface area contributed by atoms with Crippen molar-refractivity contribution in [1.29, 1.82) is 0 Å². The maximum Gasteiger partial charge on any atom is 0.266 e. The Hall–Kier alpha value is -2.95. The van der Waals surface area contributed by atoms with Gasteiger partial charge in [0.15, 0.2) is 0 Å². The second kappa shape index (κ2) is 7.97. The molecular formula is C23H20ClN3O. The number of nitrogens with zero attached hydrogens (tertiary/aromatic N) is 2. The third kappa shape index (κ3) is 3.70. The van der Waals surface area contributed by atoms with Crippen LogP contribution >= 0.6 is 11.6 Å². The Morgan fingerprint density at radius 3 is 2.39 bits per heavy atom. The molecule has 4 nitrogen and oxygen atoms in total. The minimum absolute atomic E-state index is 0.0868. The number of hydrogen-bond donors (Lipinski definition) is 1. The molecule has 0 spiro atoms. The summed E-state index contributed by atoms with van der Waals surface area (Å²) >= 11 is 6.04. The summed E-state index contributed by atoms with van der Waals surface area (Å²) in [7, 11) is 0. The molecule has 0 fully saturated rings. The first-order valence-electron chi connectivity index (χ1n) is 9.18. The van der Waals surface area contributed by atoms with Crippen LogP contribution < -0.4 is 10.9 Å². The zero-order valence-corrected chi connectivity index (χ0v) is 16.2. The van der Waals surface area contributed by atoms with E-state index in [9.17, 15) is 4.79 Å². The minimum atomic E-state index is -0.131. The zero-order valence-electron chi connectivity index (χ0n) is 15.5. The summed E-state index contributed by atoms with van der Waals surface area (Å²) in [4.78, 5) is 18.1. The maximum atomic E-state index is 13.3. The molecular weight excluding hydrogens is 370 g/mol. The molecule has 0 saturated heterocycles. The number of fused-ring (bicyclic) bond motifs is 1. The predicted molar refractivity (Wildman–Crippen MR) is 114 cm³/mol. The van der Waals surface area contributed by atoms with Gasteiger partial charge in [-0.25, -0.2) is 4.98 Å². The lowest BCUT2D eigenvalue weighted by Gasteiger charge is -2.20. The normalized spacial score (nSPS) is 12.2. The quantitative estimate of drug-likeness (QED) is 0.528. The summed E-state index contributed by atoms with van der Waals surface area (Å²) in [6.45, 7) is 2.71. The molecule has 1 N–H and O–H groups in total. The smallest absolute Gasteiger partial charge is 0.266 e. The van der Waals surface area contributed by atoms with Gasteiger partial charge in [-0.1, -0.05) is 54.1 Å². The second-order valence-corrected chi connectivity index (χ2v) is 7.13. The van der Waals surface area contributed by atoms with Crippen LogP contribution in [0.5, 0.6) is 0 Å². The molecule has 0 aliphatic heterocycles. The molecule has 4 rings (SSSR count). The van der Waals surface area contributed by atoms with Crippen molar-refractivity contribution in [2.75, 3.05) is 0 Å². The molecule has 1 heterocycles. The van der Waals surface area contributed by atoms with Crippen LogP contribution in [0.3, 0.4) is 0 Å². The van der Waals surface area contributed by atoms with Crippen LogP contribution in [0.25, 0.3) is 16.6 Å². The van der Waals surface area contributed by atoms with Crippen molar-refractivity contribution < 1.29 is 0 Å². The highest BCUT2D eigenvalue weighted by molar-refractivity contribution is 6.30. The lowest BCUT2D eigenvalue weighted by molar-refractivity contribution is 0.532. The van der Waals surface area contributed by atoms with E-state index >= 15 is 0 Å². The molecule has 1 aromatic heterocycles. The second-order valence-electron chi connectivity index (χ2n) is 6.69. The molecule has 4 aromatic rings. The van der Waals surface area contributed by atoms with Crippen molar-refractivity contribution in [2.24, 2.45) is 0 Å². The van der Waals surface area contributed by atoms with Gasteiger partial charge in [0.2, 0.25) is 0 Å². The van der Waals surface area contributed by atoms with E-state index in [4.69, 9.17) is 16.6 Å². The van der Waals surface area contributed by atoms with Gasteiger partial charge in [0.05, 0.1) is 22.6 Å². The average Bonchev–Trinajstić information content (AvgIpc) is 2.73. The highest BCUT2D eigenvalue weighted by Gasteiger charge is 2.17. The van der Waals surface area contributed by atoms with Crippen molar-refractivity contribution in [3.63, 3.8) is 0 Å². The van der Waals surface area contributed by atoms with E-state index in [0.717, 1.165) is 5.69 Å². The summed E-state index contributed by atoms with van der Waals surface area (Å²) in [5, 5.41) is 4.70. The van der Waals surface area contributed by atoms with E-state index in [2.05, 4.69) is 17.4 Å². The summed E-state index contributed by atoms with van der Waals surface area (Å²) < 4.78 is 1.67. The summed E-state index contributed by atoms with van der Waals surface area (Å²) in [5.74, 6) is 0.668. The number of aromatic nitrogens is 2. The monoisotopic (exact) mass is 389 g/mol. The van der Waals surface area contributed by atoms with Crippen molar-refractivity contribution in [3.05, 3.63) is 106 Å². The lowest BCUT2D eigenvalue weighted by atomic mass is 10.2. The van der Waals surface area contributed by atoms with Gasteiger partial charge in [-0.15, -0.1) is 0 Å². The molecule has 0 aliphatic rings. The van der Waals surface area contributed by atoms with E-state index in [1.54, 1.807) is 16.7 Å². The van der Waals surface area contributed by atoms with E-state index in [-0.39, 0.29) is 11.6 Å². The molecule has 5 heteroatoms. The summed E-state index contributed by atoms with van der Waals surface area (Å²) in [6.07, 6.45) is 0. The number of hydrogen-bond acceptors (Lipinski definition) is 3. The fourth-order valence-corrected chi connectivity index (χ4v) is 3.36. The van der Waals surface area contributed by atoms with Crippen LogP contribution in [0.4, 0.5) is 0 Å². The Morgan fingerprint density at radius 2 is 1.64 bits per heavy atom. The van der Waals surface area contributed by atoms with E-state index in [1.165, 1.54) is 5.56 Å². The van der Waals surface area contributed by atoms with Gasteiger partial charge in [0.25, 0.3) is 5.56 Å². The molecule has 0 radical (unpaired) electrons. The molecule has 0 bridgehead atoms. The summed E-state index contributed by atoms with van der Waals surface area (Å²) in [6, 6.07) is 24.7. The summed E-state index contributed by atoms with van der Waals surface area (Å²) in [5.41, 5.74) is 2.53. The van der Waals surface area contributed by atoms with Crippen LogP contribution in [0, 0.1) is 0 Å². The molecule has 0 unspecified atom stereocenters. The van der Waals surface area contributed by atoms with Crippen LogP contribution in [0.2, 0.25) is 5.02 Å². The van der Waals surface area contributed by atoms with Crippen molar-refractivity contribution >= 4 is 22.5 Å². The van der Waals surface area contributed by atoms with Gasteiger partial charge < -0.3 is 5.32 Å². The zero-order chi connectivity index (χ0) is 19.5. The fraction of sp³-hybridized carbons (Fsp3) is 0.130. The number of rotatable bonds is 5. The van der Waals surface area contributed by atoms with Crippen LogP contribution in [0.15, 0.2) is 83.7 Å².